The number of likely N-dealkylation sites (tertiary alicyclic amines) is 1. The quantitative estimate of drug-likeness (QED) is 0.136. The van der Waals surface area contributed by atoms with Crippen molar-refractivity contribution in [2.45, 2.75) is 109 Å². The van der Waals surface area contributed by atoms with Crippen LogP contribution in [0.4, 0.5) is 9.93 Å². The number of carboxylic acid groups (broad SMARTS) is 1. The summed E-state index contributed by atoms with van der Waals surface area (Å²) in [6, 6.07) is 2.98. The van der Waals surface area contributed by atoms with Gasteiger partial charge in [0.1, 0.15) is 47.0 Å². The third-order valence-electron chi connectivity index (χ3n) is 10.7. The van der Waals surface area contributed by atoms with Crippen molar-refractivity contribution in [3.8, 4) is 22.9 Å². The molecule has 58 heavy (non-hydrogen) atoms. The number of amides is 4. The molecule has 0 bridgehead atoms. The number of rotatable bonds is 14. The van der Waals surface area contributed by atoms with Crippen molar-refractivity contribution in [1.29, 1.82) is 0 Å². The van der Waals surface area contributed by atoms with E-state index >= 15 is 0 Å². The number of carbonyl (C=O) groups excluding carboxylic acids is 4. The Hall–Kier alpha value is -5.51. The molecule has 2 aromatic heterocycles. The molecule has 0 unspecified atom stereocenters. The number of anilines is 1. The van der Waals surface area contributed by atoms with Crippen LogP contribution in [0.15, 0.2) is 48.4 Å². The third kappa shape index (κ3) is 9.27. The molecule has 3 aromatic rings. The predicted molar refractivity (Wildman–Crippen MR) is 219 cm³/mol. The number of methoxy groups -OCH3 is 1. The molecule has 4 N–H and O–H groups in total. The maximum atomic E-state index is 14.4. The fourth-order valence-electron chi connectivity index (χ4n) is 7.62. The number of thiazole rings is 1. The Labute approximate surface area is 341 Å². The van der Waals surface area contributed by atoms with Crippen LogP contribution in [-0.4, -0.2) is 93.2 Å². The molecule has 6 rings (SSSR count). The zero-order valence-electron chi connectivity index (χ0n) is 33.8. The van der Waals surface area contributed by atoms with Gasteiger partial charge in [-0.1, -0.05) is 33.4 Å². The number of benzene rings is 1. The van der Waals surface area contributed by atoms with E-state index in [1.807, 2.05) is 33.8 Å². The number of alkyl carbamates (subject to hydrolysis) is 1. The molecule has 16 heteroatoms. The molecule has 2 saturated carbocycles. The van der Waals surface area contributed by atoms with Crippen LogP contribution >= 0.6 is 11.3 Å². The van der Waals surface area contributed by atoms with Gasteiger partial charge >= 0.3 is 12.1 Å². The third-order valence-corrected chi connectivity index (χ3v) is 11.5. The van der Waals surface area contributed by atoms with Gasteiger partial charge in [0.05, 0.1) is 24.9 Å². The zero-order chi connectivity index (χ0) is 42.1. The number of pyridine rings is 1. The molecule has 1 aliphatic heterocycles. The van der Waals surface area contributed by atoms with Crippen molar-refractivity contribution < 1.29 is 43.3 Å². The number of fused-ring (bicyclic) bond motifs is 1. The molecular weight excluding hydrogens is 765 g/mol. The Kier molecular flexibility index (Phi) is 12.2. The molecular formula is C42H52N6O9S. The number of aliphatic carboxylic acids is 1. The van der Waals surface area contributed by atoms with Crippen molar-refractivity contribution in [3.05, 3.63) is 53.9 Å². The van der Waals surface area contributed by atoms with Crippen molar-refractivity contribution in [2.24, 2.45) is 11.3 Å². The largest absolute Gasteiger partial charge is 0.496 e. The SMILES string of the molecule is C=C[C@@H]1C[C@]1(NC(=O)[C@@H]1C[C@@H](Oc2cc(-c3csc(NC(=O)CC(C)(C)C)n3)nc3cc(OC)c(C)cc23)CN1C(=O)[C@@H](NC(=O)OC1CCCC1)C(=C)C)C(=O)O. The highest BCUT2D eigenvalue weighted by Gasteiger charge is 2.61. The highest BCUT2D eigenvalue weighted by molar-refractivity contribution is 7.14. The summed E-state index contributed by atoms with van der Waals surface area (Å²) in [5, 5.41) is 21.1. The van der Waals surface area contributed by atoms with Gasteiger partial charge in [-0.15, -0.1) is 17.9 Å². The molecule has 3 fully saturated rings. The lowest BCUT2D eigenvalue weighted by Gasteiger charge is -2.29. The molecule has 3 heterocycles. The minimum absolute atomic E-state index is 0.00357. The summed E-state index contributed by atoms with van der Waals surface area (Å²) in [6.07, 6.45) is 3.53. The lowest BCUT2D eigenvalue weighted by atomic mass is 9.92. The van der Waals surface area contributed by atoms with Crippen LogP contribution in [0, 0.1) is 18.3 Å². The van der Waals surface area contributed by atoms with Crippen LogP contribution in [-0.2, 0) is 23.9 Å². The molecule has 15 nitrogen and oxygen atoms in total. The number of hydrogen-bond donors (Lipinski definition) is 4. The van der Waals surface area contributed by atoms with Crippen molar-refractivity contribution in [1.82, 2.24) is 25.5 Å². The normalized spacial score (nSPS) is 22.2. The van der Waals surface area contributed by atoms with Gasteiger partial charge in [-0.3, -0.25) is 14.4 Å². The Morgan fingerprint density at radius 2 is 1.81 bits per heavy atom. The average molecular weight is 817 g/mol. The van der Waals surface area contributed by atoms with Crippen LogP contribution in [0.25, 0.3) is 22.3 Å². The fraction of sp³-hybridized carbons (Fsp3) is 0.500. The van der Waals surface area contributed by atoms with Gasteiger partial charge in [0, 0.05) is 41.7 Å². The molecule has 310 valence electrons. The van der Waals surface area contributed by atoms with E-state index in [0.717, 1.165) is 31.2 Å². The topological polar surface area (TPSA) is 198 Å². The monoisotopic (exact) mass is 816 g/mol. The first kappa shape index (κ1) is 42.1. The zero-order valence-corrected chi connectivity index (χ0v) is 34.6. The number of hydrogen-bond acceptors (Lipinski definition) is 11. The number of carboxylic acids is 1. The van der Waals surface area contributed by atoms with E-state index in [0.29, 0.717) is 50.9 Å². The van der Waals surface area contributed by atoms with Crippen LogP contribution < -0.4 is 25.4 Å². The van der Waals surface area contributed by atoms with Gasteiger partial charge < -0.3 is 40.2 Å². The summed E-state index contributed by atoms with van der Waals surface area (Å²) in [4.78, 5) is 77.3. The van der Waals surface area contributed by atoms with E-state index in [9.17, 15) is 29.1 Å². The van der Waals surface area contributed by atoms with E-state index in [4.69, 9.17) is 19.2 Å². The number of aromatic nitrogens is 2. The van der Waals surface area contributed by atoms with E-state index in [2.05, 4.69) is 34.1 Å². The minimum atomic E-state index is -1.55. The van der Waals surface area contributed by atoms with Gasteiger partial charge in [-0.05, 0) is 68.6 Å². The van der Waals surface area contributed by atoms with Gasteiger partial charge in [-0.25, -0.2) is 19.6 Å². The standard InChI is InChI=1S/C42H52N6O9S/c1-9-24-18-42(24,38(52)53)47-36(50)31-15-26(20-48(31)37(51)35(22(2)3)46-40(54)57-25-12-10-11-13-25)56-33-17-29(43-28-16-32(55-8)23(4)14-27(28)33)30-21-58-39(44-30)45-34(49)19-41(5,6)7/h9,14,16-17,21,24-26,31,35H,1-2,10-13,15,18-20H2,3-8H3,(H,46,54)(H,47,50)(H,52,53)(H,44,45,49)/t24-,26-,31+,35+,42-/m1/s1. The molecule has 5 atom stereocenters. The molecule has 2 aliphatic carbocycles. The van der Waals surface area contributed by atoms with Gasteiger partial charge in [0.25, 0.3) is 0 Å². The molecule has 0 spiro atoms. The molecule has 3 aliphatic rings. The highest BCUT2D eigenvalue weighted by Crippen LogP contribution is 2.45. The first-order valence-electron chi connectivity index (χ1n) is 19.4. The molecule has 1 aromatic carbocycles. The Morgan fingerprint density at radius 3 is 2.43 bits per heavy atom. The predicted octanol–water partition coefficient (Wildman–Crippen LogP) is 6.16. The van der Waals surface area contributed by atoms with Crippen LogP contribution in [0.3, 0.4) is 0 Å². The number of aryl methyl sites for hydroxylation is 1. The molecule has 1 saturated heterocycles. The smallest absolute Gasteiger partial charge is 0.408 e. The van der Waals surface area contributed by atoms with Gasteiger partial charge in [0.15, 0.2) is 5.13 Å². The molecule has 0 radical (unpaired) electrons. The first-order valence-corrected chi connectivity index (χ1v) is 20.3. The first-order chi connectivity index (χ1) is 27.4. The van der Waals surface area contributed by atoms with E-state index < -0.39 is 53.5 Å². The van der Waals surface area contributed by atoms with Crippen LogP contribution in [0.2, 0.25) is 0 Å². The number of carbonyl (C=O) groups is 5. The minimum Gasteiger partial charge on any atom is -0.496 e. The second-order valence-electron chi connectivity index (χ2n) is 16.7. The summed E-state index contributed by atoms with van der Waals surface area (Å²) in [7, 11) is 1.56. The van der Waals surface area contributed by atoms with E-state index in [1.165, 1.54) is 22.3 Å². The lowest BCUT2D eigenvalue weighted by Crippen LogP contribution is -2.56. The van der Waals surface area contributed by atoms with Crippen LogP contribution in [0.1, 0.15) is 78.2 Å². The maximum absolute atomic E-state index is 14.4. The Bertz CT molecular complexity index is 2140. The second-order valence-corrected chi connectivity index (χ2v) is 17.6. The van der Waals surface area contributed by atoms with E-state index in [-0.39, 0.29) is 36.8 Å². The summed E-state index contributed by atoms with van der Waals surface area (Å²) in [5.41, 5.74) is 0.840. The average Bonchev–Trinajstić information content (AvgIpc) is 3.56. The summed E-state index contributed by atoms with van der Waals surface area (Å²) in [6.45, 7) is 17.0. The lowest BCUT2D eigenvalue weighted by molar-refractivity contribution is -0.145. The summed E-state index contributed by atoms with van der Waals surface area (Å²) < 4.78 is 17.9. The van der Waals surface area contributed by atoms with E-state index in [1.54, 1.807) is 31.5 Å². The van der Waals surface area contributed by atoms with Crippen molar-refractivity contribution >= 4 is 57.2 Å². The Balaban J connectivity index is 1.32. The maximum Gasteiger partial charge on any atom is 0.408 e. The number of nitrogens with one attached hydrogen (secondary N) is 3. The Morgan fingerprint density at radius 1 is 1.09 bits per heavy atom. The summed E-state index contributed by atoms with van der Waals surface area (Å²) in [5.74, 6) is -2.15. The van der Waals surface area contributed by atoms with Crippen molar-refractivity contribution in [2.75, 3.05) is 19.0 Å². The number of ether oxygens (including phenoxy) is 3. The highest BCUT2D eigenvalue weighted by atomic mass is 32.1. The molecule has 4 amide bonds. The van der Waals surface area contributed by atoms with Crippen LogP contribution in [0.5, 0.6) is 11.5 Å². The second kappa shape index (κ2) is 16.8. The van der Waals surface area contributed by atoms with Gasteiger partial charge in [-0.2, -0.15) is 0 Å². The number of nitrogens with zero attached hydrogens (tertiary/aromatic N) is 3. The fourth-order valence-corrected chi connectivity index (χ4v) is 8.34. The summed E-state index contributed by atoms with van der Waals surface area (Å²) >= 11 is 1.26. The van der Waals surface area contributed by atoms with Gasteiger partial charge in [0.2, 0.25) is 17.7 Å². The van der Waals surface area contributed by atoms with Crippen molar-refractivity contribution in [3.63, 3.8) is 0 Å².